The molecule has 4 aliphatic heterocycles. The van der Waals surface area contributed by atoms with E-state index < -0.39 is 29.1 Å². The quantitative estimate of drug-likeness (QED) is 0.641. The van der Waals surface area contributed by atoms with E-state index in [9.17, 15) is 13.2 Å². The molecular weight excluding hydrogens is 464 g/mol. The molecule has 4 saturated heterocycles. The molecule has 6 heterocycles. The van der Waals surface area contributed by atoms with Crippen molar-refractivity contribution in [1.29, 1.82) is 0 Å². The number of nitrogens with one attached hydrogen (secondary N) is 1. The number of hydrogen-bond donors (Lipinski definition) is 1. The molecule has 0 amide bonds. The Hall–Kier alpha value is -2.53. The van der Waals surface area contributed by atoms with Crippen molar-refractivity contribution in [2.24, 2.45) is 0 Å². The molecule has 6 rings (SSSR count). The van der Waals surface area contributed by atoms with Gasteiger partial charge >= 0.3 is 6.01 Å². The number of aryl methyl sites for hydroxylation is 1. The highest BCUT2D eigenvalue weighted by Crippen LogP contribution is 2.41. The van der Waals surface area contributed by atoms with Crippen LogP contribution in [0.25, 0.3) is 10.9 Å². The number of piperazine rings is 1. The predicted octanol–water partition coefficient (Wildman–Crippen LogP) is 3.52. The molecule has 1 N–H and O–H groups in total. The van der Waals surface area contributed by atoms with Gasteiger partial charge in [-0.25, -0.2) is 8.78 Å². The monoisotopic (exact) mass is 492 g/mol. The number of alkyl halides is 1. The summed E-state index contributed by atoms with van der Waals surface area (Å²) in [7, 11) is 0. The first-order chi connectivity index (χ1) is 16.8. The number of anilines is 1. The Kier molecular flexibility index (Phi) is 5.41. The van der Waals surface area contributed by atoms with Crippen LogP contribution >= 0.6 is 0 Å². The van der Waals surface area contributed by atoms with Crippen LogP contribution < -0.4 is 15.0 Å². The van der Waals surface area contributed by atoms with E-state index in [2.05, 4.69) is 25.2 Å². The molecule has 188 valence electrons. The third kappa shape index (κ3) is 3.92. The van der Waals surface area contributed by atoms with Crippen LogP contribution in [0.4, 0.5) is 23.4 Å². The summed E-state index contributed by atoms with van der Waals surface area (Å²) in [6.45, 7) is 3.79. The van der Waals surface area contributed by atoms with Gasteiger partial charge in [-0.05, 0) is 39.2 Å². The molecule has 0 spiro atoms. The molecule has 0 aromatic carbocycles. The summed E-state index contributed by atoms with van der Waals surface area (Å²) in [5, 5.41) is 3.71. The van der Waals surface area contributed by atoms with E-state index in [4.69, 9.17) is 4.74 Å². The van der Waals surface area contributed by atoms with Gasteiger partial charge in [-0.15, -0.1) is 0 Å². The van der Waals surface area contributed by atoms with Crippen molar-refractivity contribution >= 4 is 16.7 Å². The average Bonchev–Trinajstić information content (AvgIpc) is 3.43. The lowest BCUT2D eigenvalue weighted by Gasteiger charge is -2.40. The maximum Gasteiger partial charge on any atom is 0.319 e. The zero-order valence-electron chi connectivity index (χ0n) is 19.5. The molecule has 0 aliphatic carbocycles. The maximum atomic E-state index is 15.1. The zero-order chi connectivity index (χ0) is 24.4. The number of fused-ring (bicyclic) bond motifs is 4. The summed E-state index contributed by atoms with van der Waals surface area (Å²) in [6, 6.07) is 0.00979. The number of pyridine rings is 1. The van der Waals surface area contributed by atoms with Gasteiger partial charge in [-0.2, -0.15) is 18.7 Å². The molecule has 11 heteroatoms. The molecule has 35 heavy (non-hydrogen) atoms. The number of aromatic nitrogens is 3. The SMILES string of the molecule is Cc1ncc2c(N3C[C@H]4CC[C@@](C=C(F)F)(C3)N4)nc(OCC34CCCN3C[C@H](F)C4)nc2c1F. The molecule has 0 radical (unpaired) electrons. The van der Waals surface area contributed by atoms with E-state index >= 15 is 4.39 Å². The lowest BCUT2D eigenvalue weighted by Crippen LogP contribution is -2.59. The lowest BCUT2D eigenvalue weighted by atomic mass is 9.95. The van der Waals surface area contributed by atoms with Gasteiger partial charge in [-0.3, -0.25) is 9.88 Å². The minimum atomic E-state index is -1.73. The van der Waals surface area contributed by atoms with E-state index in [-0.39, 0.29) is 36.4 Å². The Balaban J connectivity index is 1.37. The van der Waals surface area contributed by atoms with Gasteiger partial charge in [0, 0.05) is 44.4 Å². The minimum absolute atomic E-state index is 0.00269. The predicted molar refractivity (Wildman–Crippen MR) is 122 cm³/mol. The van der Waals surface area contributed by atoms with Crippen LogP contribution in [0, 0.1) is 12.7 Å². The number of hydrogen-bond acceptors (Lipinski definition) is 7. The van der Waals surface area contributed by atoms with Crippen LogP contribution in [0.3, 0.4) is 0 Å². The second kappa shape index (κ2) is 8.26. The summed E-state index contributed by atoms with van der Waals surface area (Å²) in [5.41, 5.74) is -0.990. The largest absolute Gasteiger partial charge is 0.461 e. The van der Waals surface area contributed by atoms with Gasteiger partial charge in [0.25, 0.3) is 6.08 Å². The Morgan fingerprint density at radius 1 is 1.29 bits per heavy atom. The summed E-state index contributed by atoms with van der Waals surface area (Å²) in [6.07, 6.45) is 3.40. The standard InChI is InChI=1S/C24H28F4N6O/c1-14-19(28)20-17(9-29-14)21(33-11-16-3-5-23(12-33,32-16)8-18(26)27)31-22(30-20)35-13-24-4-2-6-34(24)10-15(25)7-24/h8-9,15-16,32H,2-7,10-13H2,1H3/t15-,16-,23-,24?/m1/s1. The number of rotatable bonds is 5. The molecule has 2 bridgehead atoms. The molecule has 4 aliphatic rings. The first-order valence-electron chi connectivity index (χ1n) is 12.2. The Morgan fingerprint density at radius 3 is 2.97 bits per heavy atom. The van der Waals surface area contributed by atoms with Crippen molar-refractivity contribution in [3.05, 3.63) is 29.9 Å². The Morgan fingerprint density at radius 2 is 2.14 bits per heavy atom. The second-order valence-corrected chi connectivity index (χ2v) is 10.5. The summed E-state index contributed by atoms with van der Waals surface area (Å²) in [4.78, 5) is 17.2. The third-order valence-corrected chi connectivity index (χ3v) is 8.08. The van der Waals surface area contributed by atoms with E-state index in [1.165, 1.54) is 6.20 Å². The van der Waals surface area contributed by atoms with Crippen molar-refractivity contribution in [2.45, 2.75) is 62.3 Å². The van der Waals surface area contributed by atoms with Crippen molar-refractivity contribution in [3.63, 3.8) is 0 Å². The molecule has 2 aromatic rings. The van der Waals surface area contributed by atoms with Crippen molar-refractivity contribution in [2.75, 3.05) is 37.7 Å². The van der Waals surface area contributed by atoms with Gasteiger partial charge in [0.15, 0.2) is 5.82 Å². The fraction of sp³-hybridized carbons (Fsp3) is 0.625. The fourth-order valence-corrected chi connectivity index (χ4v) is 6.51. The van der Waals surface area contributed by atoms with E-state index in [0.29, 0.717) is 37.1 Å². The van der Waals surface area contributed by atoms with Gasteiger partial charge in [0.05, 0.1) is 22.2 Å². The lowest BCUT2D eigenvalue weighted by molar-refractivity contribution is 0.107. The summed E-state index contributed by atoms with van der Waals surface area (Å²) in [5.74, 6) is -0.152. The Labute approximate surface area is 200 Å². The highest BCUT2D eigenvalue weighted by Gasteiger charge is 2.49. The van der Waals surface area contributed by atoms with Crippen LogP contribution in [0.15, 0.2) is 18.4 Å². The fourth-order valence-electron chi connectivity index (χ4n) is 6.51. The van der Waals surface area contributed by atoms with Crippen LogP contribution in [-0.4, -0.2) is 75.9 Å². The van der Waals surface area contributed by atoms with Gasteiger partial charge in [0.2, 0.25) is 0 Å². The number of ether oxygens (including phenoxy) is 1. The molecule has 2 aromatic heterocycles. The zero-order valence-corrected chi connectivity index (χ0v) is 19.5. The first-order valence-corrected chi connectivity index (χ1v) is 12.2. The van der Waals surface area contributed by atoms with Crippen molar-refractivity contribution in [1.82, 2.24) is 25.2 Å². The maximum absolute atomic E-state index is 15.1. The molecule has 0 saturated carbocycles. The molecule has 7 nitrogen and oxygen atoms in total. The van der Waals surface area contributed by atoms with E-state index in [0.717, 1.165) is 31.9 Å². The van der Waals surface area contributed by atoms with Gasteiger partial charge < -0.3 is 15.0 Å². The first kappa shape index (κ1) is 22.9. The van der Waals surface area contributed by atoms with Crippen LogP contribution in [0.1, 0.15) is 37.8 Å². The third-order valence-electron chi connectivity index (χ3n) is 8.08. The smallest absolute Gasteiger partial charge is 0.319 e. The van der Waals surface area contributed by atoms with E-state index in [1.54, 1.807) is 6.92 Å². The molecule has 4 atom stereocenters. The van der Waals surface area contributed by atoms with Crippen LogP contribution in [0.2, 0.25) is 0 Å². The molecule has 1 unspecified atom stereocenters. The Bertz CT molecular complexity index is 1190. The highest BCUT2D eigenvalue weighted by molar-refractivity contribution is 5.90. The number of nitrogens with zero attached hydrogens (tertiary/aromatic N) is 5. The normalized spacial score (nSPS) is 32.3. The topological polar surface area (TPSA) is 66.4 Å². The van der Waals surface area contributed by atoms with Crippen molar-refractivity contribution in [3.8, 4) is 6.01 Å². The molecular formula is C24H28F4N6O. The minimum Gasteiger partial charge on any atom is -0.461 e. The average molecular weight is 493 g/mol. The molecule has 4 fully saturated rings. The van der Waals surface area contributed by atoms with E-state index in [1.807, 2.05) is 4.90 Å². The van der Waals surface area contributed by atoms with Crippen LogP contribution in [0.5, 0.6) is 6.01 Å². The van der Waals surface area contributed by atoms with Gasteiger partial charge in [0.1, 0.15) is 24.1 Å². The van der Waals surface area contributed by atoms with Gasteiger partial charge in [-0.1, -0.05) is 0 Å². The second-order valence-electron chi connectivity index (χ2n) is 10.5. The summed E-state index contributed by atoms with van der Waals surface area (Å²) < 4.78 is 61.9. The summed E-state index contributed by atoms with van der Waals surface area (Å²) >= 11 is 0. The number of halogens is 4. The van der Waals surface area contributed by atoms with Crippen molar-refractivity contribution < 1.29 is 22.3 Å². The highest BCUT2D eigenvalue weighted by atomic mass is 19.3. The van der Waals surface area contributed by atoms with Crippen LogP contribution in [-0.2, 0) is 0 Å².